The molecule has 0 fully saturated rings. The Balaban J connectivity index is 1.89. The highest BCUT2D eigenvalue weighted by Gasteiger charge is 2.39. The lowest BCUT2D eigenvalue weighted by atomic mass is 9.93. The first-order valence-electron chi connectivity index (χ1n) is 10.7. The van der Waals surface area contributed by atoms with E-state index in [2.05, 4.69) is 5.10 Å². The molecule has 0 saturated carbocycles. The van der Waals surface area contributed by atoms with E-state index >= 15 is 0 Å². The maximum absolute atomic E-state index is 13.0. The SMILES string of the molecule is O=C(CC(CO)c1cccc(C(F)(F)F)c1)Cn1nc(-c2ccc(Cl)cc2)n(C[C@H](O)C(F)(F)F)c1=O. The van der Waals surface area contributed by atoms with Gasteiger partial charge in [-0.25, -0.2) is 9.48 Å². The molecule has 3 aromatic rings. The second kappa shape index (κ2) is 11.1. The fraction of sp³-hybridized carbons (Fsp3) is 0.348. The number of alkyl halides is 6. The van der Waals surface area contributed by atoms with E-state index in [1.165, 1.54) is 30.3 Å². The lowest BCUT2D eigenvalue weighted by Gasteiger charge is -2.16. The average Bonchev–Trinajstić information content (AvgIpc) is 3.11. The Labute approximate surface area is 210 Å². The maximum atomic E-state index is 13.0. The minimum atomic E-state index is -5.03. The van der Waals surface area contributed by atoms with E-state index in [0.29, 0.717) is 14.3 Å². The zero-order chi connectivity index (χ0) is 27.5. The fourth-order valence-electron chi connectivity index (χ4n) is 3.56. The van der Waals surface area contributed by atoms with E-state index in [4.69, 9.17) is 11.6 Å². The summed E-state index contributed by atoms with van der Waals surface area (Å²) >= 11 is 5.83. The maximum Gasteiger partial charge on any atom is 0.416 e. The molecule has 0 spiro atoms. The van der Waals surface area contributed by atoms with E-state index < -0.39 is 67.5 Å². The highest BCUT2D eigenvalue weighted by molar-refractivity contribution is 6.30. The van der Waals surface area contributed by atoms with Crippen molar-refractivity contribution in [3.05, 3.63) is 75.2 Å². The average molecular weight is 552 g/mol. The number of aliphatic hydroxyl groups excluding tert-OH is 2. The van der Waals surface area contributed by atoms with Crippen LogP contribution in [0.2, 0.25) is 5.02 Å². The first-order valence-corrected chi connectivity index (χ1v) is 11.1. The first kappa shape index (κ1) is 28.4. The third kappa shape index (κ3) is 6.99. The molecule has 1 aromatic heterocycles. The van der Waals surface area contributed by atoms with Crippen LogP contribution in [-0.2, 0) is 24.1 Å². The standard InChI is InChI=1S/C23H20ClF6N3O4/c24-17-6-4-13(5-7-17)20-31-33(21(37)32(20)11-19(36)23(28,29)30)10-18(35)9-15(12-34)14-2-1-3-16(8-14)22(25,26)27/h1-8,15,19,34,36H,9-12H2/t15?,19-/m0/s1. The van der Waals surface area contributed by atoms with Crippen molar-refractivity contribution in [1.82, 2.24) is 14.3 Å². The van der Waals surface area contributed by atoms with Crippen LogP contribution in [0.25, 0.3) is 11.4 Å². The Morgan fingerprint density at radius 2 is 1.70 bits per heavy atom. The van der Waals surface area contributed by atoms with Crippen molar-refractivity contribution in [2.45, 2.75) is 43.9 Å². The van der Waals surface area contributed by atoms with Crippen LogP contribution in [0.4, 0.5) is 26.3 Å². The van der Waals surface area contributed by atoms with Crippen molar-refractivity contribution in [3.8, 4) is 11.4 Å². The Morgan fingerprint density at radius 1 is 1.05 bits per heavy atom. The molecule has 0 radical (unpaired) electrons. The summed E-state index contributed by atoms with van der Waals surface area (Å²) in [6.07, 6.45) is -13.0. The van der Waals surface area contributed by atoms with Gasteiger partial charge in [0.15, 0.2) is 17.7 Å². The molecule has 2 atom stereocenters. The Bertz CT molecular complexity index is 1300. The molecule has 14 heteroatoms. The van der Waals surface area contributed by atoms with E-state index in [1.807, 2.05) is 0 Å². The molecule has 0 bridgehead atoms. The molecule has 0 aliphatic carbocycles. The fourth-order valence-corrected chi connectivity index (χ4v) is 3.69. The van der Waals surface area contributed by atoms with Gasteiger partial charge in [0, 0.05) is 22.9 Å². The molecule has 200 valence electrons. The van der Waals surface area contributed by atoms with Gasteiger partial charge in [-0.3, -0.25) is 9.36 Å². The zero-order valence-corrected chi connectivity index (χ0v) is 19.6. The van der Waals surface area contributed by atoms with Gasteiger partial charge < -0.3 is 10.2 Å². The first-order chi connectivity index (χ1) is 17.2. The molecular formula is C23H20ClF6N3O4. The second-order valence-corrected chi connectivity index (χ2v) is 8.62. The summed E-state index contributed by atoms with van der Waals surface area (Å²) in [5, 5.41) is 23.4. The third-order valence-electron chi connectivity index (χ3n) is 5.46. The number of Topliss-reactive ketones (excluding diaryl/α,β-unsaturated/α-hetero) is 1. The number of hydrogen-bond acceptors (Lipinski definition) is 5. The summed E-state index contributed by atoms with van der Waals surface area (Å²) in [5.41, 5.74) is -1.87. The number of ketones is 1. The molecular weight excluding hydrogens is 532 g/mol. The van der Waals surface area contributed by atoms with E-state index in [1.54, 1.807) is 0 Å². The minimum absolute atomic E-state index is 0.0405. The van der Waals surface area contributed by atoms with Gasteiger partial charge in [-0.15, -0.1) is 5.10 Å². The Hall–Kier alpha value is -3.16. The summed E-state index contributed by atoms with van der Waals surface area (Å²) in [5.74, 6) is -2.02. The van der Waals surface area contributed by atoms with Crippen LogP contribution in [0.15, 0.2) is 53.3 Å². The smallest absolute Gasteiger partial charge is 0.396 e. The van der Waals surface area contributed by atoms with Crippen LogP contribution in [0.1, 0.15) is 23.5 Å². The molecule has 3 rings (SSSR count). The molecule has 7 nitrogen and oxygen atoms in total. The largest absolute Gasteiger partial charge is 0.416 e. The molecule has 0 aliphatic heterocycles. The number of nitrogens with zero attached hydrogens (tertiary/aromatic N) is 3. The number of aliphatic hydroxyl groups is 2. The monoisotopic (exact) mass is 551 g/mol. The number of carbonyl (C=O) groups excluding carboxylic acids is 1. The van der Waals surface area contributed by atoms with Gasteiger partial charge in [0.1, 0.15) is 6.54 Å². The molecule has 2 N–H and O–H groups in total. The minimum Gasteiger partial charge on any atom is -0.396 e. The highest BCUT2D eigenvalue weighted by Crippen LogP contribution is 2.32. The van der Waals surface area contributed by atoms with Gasteiger partial charge >= 0.3 is 18.0 Å². The summed E-state index contributed by atoms with van der Waals surface area (Å²) in [6, 6.07) is 9.62. The predicted molar refractivity (Wildman–Crippen MR) is 120 cm³/mol. The van der Waals surface area contributed by atoms with E-state index in [0.717, 1.165) is 18.2 Å². The molecule has 37 heavy (non-hydrogen) atoms. The Kier molecular flexibility index (Phi) is 8.50. The number of halogens is 7. The van der Waals surface area contributed by atoms with E-state index in [-0.39, 0.29) is 17.0 Å². The summed E-state index contributed by atoms with van der Waals surface area (Å²) in [4.78, 5) is 25.5. The summed E-state index contributed by atoms with van der Waals surface area (Å²) in [6.45, 7) is -2.60. The number of benzene rings is 2. The molecule has 1 unspecified atom stereocenters. The van der Waals surface area contributed by atoms with Gasteiger partial charge in [-0.05, 0) is 35.9 Å². The van der Waals surface area contributed by atoms with Crippen LogP contribution in [0.3, 0.4) is 0 Å². The lowest BCUT2D eigenvalue weighted by Crippen LogP contribution is -2.37. The molecule has 0 saturated heterocycles. The zero-order valence-electron chi connectivity index (χ0n) is 18.8. The van der Waals surface area contributed by atoms with Gasteiger partial charge in [0.2, 0.25) is 0 Å². The molecule has 2 aromatic carbocycles. The molecule has 1 heterocycles. The predicted octanol–water partition coefficient (Wildman–Crippen LogP) is 4.04. The van der Waals surface area contributed by atoms with Crippen LogP contribution >= 0.6 is 11.6 Å². The second-order valence-electron chi connectivity index (χ2n) is 8.18. The topological polar surface area (TPSA) is 97.3 Å². The summed E-state index contributed by atoms with van der Waals surface area (Å²) < 4.78 is 79.1. The van der Waals surface area contributed by atoms with Crippen molar-refractivity contribution < 1.29 is 41.4 Å². The van der Waals surface area contributed by atoms with Gasteiger partial charge in [-0.1, -0.05) is 29.8 Å². The van der Waals surface area contributed by atoms with Crippen LogP contribution in [0, 0.1) is 0 Å². The van der Waals surface area contributed by atoms with Crippen LogP contribution < -0.4 is 5.69 Å². The Morgan fingerprint density at radius 3 is 2.27 bits per heavy atom. The van der Waals surface area contributed by atoms with Crippen LogP contribution in [0.5, 0.6) is 0 Å². The summed E-state index contributed by atoms with van der Waals surface area (Å²) in [7, 11) is 0. The van der Waals surface area contributed by atoms with Gasteiger partial charge in [0.05, 0.1) is 18.7 Å². The number of rotatable bonds is 9. The normalized spacial score (nSPS) is 14.0. The molecule has 0 aliphatic rings. The van der Waals surface area contributed by atoms with Crippen LogP contribution in [-0.4, -0.2) is 49.2 Å². The lowest BCUT2D eigenvalue weighted by molar-refractivity contribution is -0.207. The van der Waals surface area contributed by atoms with Crippen molar-refractivity contribution in [1.29, 1.82) is 0 Å². The van der Waals surface area contributed by atoms with Gasteiger partial charge in [0.25, 0.3) is 0 Å². The quantitative estimate of drug-likeness (QED) is 0.391. The van der Waals surface area contributed by atoms with Crippen molar-refractivity contribution >= 4 is 17.4 Å². The van der Waals surface area contributed by atoms with E-state index in [9.17, 15) is 46.1 Å². The molecule has 0 amide bonds. The number of aromatic nitrogens is 3. The third-order valence-corrected chi connectivity index (χ3v) is 5.72. The number of hydrogen-bond donors (Lipinski definition) is 2. The highest BCUT2D eigenvalue weighted by atomic mass is 35.5. The van der Waals surface area contributed by atoms with Gasteiger partial charge in [-0.2, -0.15) is 26.3 Å². The number of carbonyl (C=O) groups is 1. The van der Waals surface area contributed by atoms with Crippen molar-refractivity contribution in [3.63, 3.8) is 0 Å². The van der Waals surface area contributed by atoms with Crippen molar-refractivity contribution in [2.24, 2.45) is 0 Å². The van der Waals surface area contributed by atoms with Crippen molar-refractivity contribution in [2.75, 3.05) is 6.61 Å².